The first-order chi connectivity index (χ1) is 11.4. The molecule has 1 aromatic carbocycles. The number of carbonyl (C=O) groups excluding carboxylic acids is 1. The van der Waals surface area contributed by atoms with Gasteiger partial charge >= 0.3 is 5.97 Å². The normalized spacial score (nSPS) is 23.9. The summed E-state index contributed by atoms with van der Waals surface area (Å²) >= 11 is 1.57. The van der Waals surface area contributed by atoms with Gasteiger partial charge in [0.1, 0.15) is 5.92 Å². The zero-order valence-corrected chi connectivity index (χ0v) is 15.5. The average Bonchev–Trinajstić information content (AvgIpc) is 3.00. The molecule has 0 spiro atoms. The first kappa shape index (κ1) is 19.0. The van der Waals surface area contributed by atoms with Crippen LogP contribution < -0.4 is 15.6 Å². The predicted molar refractivity (Wildman–Crippen MR) is 95.0 cm³/mol. The van der Waals surface area contributed by atoms with E-state index in [9.17, 15) is 13.2 Å². The predicted octanol–water partition coefficient (Wildman–Crippen LogP) is 1.54. The molecule has 0 bridgehead atoms. The van der Waals surface area contributed by atoms with Crippen LogP contribution in [0.25, 0.3) is 0 Å². The van der Waals surface area contributed by atoms with Gasteiger partial charge in [0.2, 0.25) is 0 Å². The smallest absolute Gasteiger partial charge is 0.313 e. The van der Waals surface area contributed by atoms with Crippen molar-refractivity contribution in [1.29, 1.82) is 0 Å². The molecule has 24 heavy (non-hydrogen) atoms. The zero-order chi connectivity index (χ0) is 17.7. The van der Waals surface area contributed by atoms with Gasteiger partial charge in [0.05, 0.1) is 6.61 Å². The summed E-state index contributed by atoms with van der Waals surface area (Å²) in [6, 6.07) is 6.76. The first-order valence-electron chi connectivity index (χ1n) is 7.76. The molecule has 0 aliphatic carbocycles. The molecule has 0 aromatic heterocycles. The highest BCUT2D eigenvalue weighted by Gasteiger charge is 2.48. The maximum atomic E-state index is 12.7. The monoisotopic (exact) mass is 373 g/mol. The van der Waals surface area contributed by atoms with E-state index in [1.807, 2.05) is 25.3 Å². The fourth-order valence-electron chi connectivity index (χ4n) is 2.62. The summed E-state index contributed by atoms with van der Waals surface area (Å²) in [5.41, 5.74) is 6.06. The van der Waals surface area contributed by atoms with E-state index in [4.69, 9.17) is 4.74 Å². The van der Waals surface area contributed by atoms with Crippen LogP contribution in [0.4, 0.5) is 5.69 Å². The number of benzene rings is 1. The number of carbonyl (C=O) groups is 1. The van der Waals surface area contributed by atoms with E-state index in [0.717, 1.165) is 4.90 Å². The van der Waals surface area contributed by atoms with Crippen LogP contribution in [0.15, 0.2) is 29.2 Å². The summed E-state index contributed by atoms with van der Waals surface area (Å²) < 4.78 is 33.0. The van der Waals surface area contributed by atoms with E-state index in [0.29, 0.717) is 12.1 Å². The van der Waals surface area contributed by atoms with Crippen LogP contribution in [0, 0.1) is 5.92 Å². The summed E-state index contributed by atoms with van der Waals surface area (Å²) in [6.07, 6.45) is 2.55. The van der Waals surface area contributed by atoms with Gasteiger partial charge in [0.25, 0.3) is 10.0 Å². The topological polar surface area (TPSA) is 96.5 Å². The van der Waals surface area contributed by atoms with Crippen LogP contribution in [0.1, 0.15) is 20.3 Å². The Hall–Kier alpha value is -1.29. The summed E-state index contributed by atoms with van der Waals surface area (Å²) in [4.78, 5) is 13.2. The lowest BCUT2D eigenvalue weighted by molar-refractivity contribution is -0.148. The molecule has 0 saturated carbocycles. The van der Waals surface area contributed by atoms with E-state index in [1.165, 1.54) is 0 Å². The van der Waals surface area contributed by atoms with Gasteiger partial charge < -0.3 is 4.74 Å². The van der Waals surface area contributed by atoms with E-state index in [2.05, 4.69) is 15.6 Å². The zero-order valence-electron chi connectivity index (χ0n) is 13.9. The van der Waals surface area contributed by atoms with Gasteiger partial charge in [-0.05, 0) is 43.9 Å². The number of hydrazine groups is 1. The SMILES string of the molecule is CCOC(=O)C1C(CC)NNC1S(=O)(=O)Nc1ccc(SC)cc1. The second-order valence-electron chi connectivity index (χ2n) is 5.38. The van der Waals surface area contributed by atoms with Crippen molar-refractivity contribution in [2.45, 2.75) is 36.6 Å². The number of nitrogens with one attached hydrogen (secondary N) is 3. The maximum absolute atomic E-state index is 12.7. The number of sulfonamides is 1. The van der Waals surface area contributed by atoms with Gasteiger partial charge in [-0.1, -0.05) is 6.92 Å². The van der Waals surface area contributed by atoms with E-state index >= 15 is 0 Å². The van der Waals surface area contributed by atoms with Crippen LogP contribution in [0.5, 0.6) is 0 Å². The van der Waals surface area contributed by atoms with Crippen LogP contribution in [-0.2, 0) is 19.6 Å². The first-order valence-corrected chi connectivity index (χ1v) is 10.5. The quantitative estimate of drug-likeness (QED) is 0.493. The van der Waals surface area contributed by atoms with E-state index < -0.39 is 27.3 Å². The summed E-state index contributed by atoms with van der Waals surface area (Å²) in [5.74, 6) is -1.33. The largest absolute Gasteiger partial charge is 0.466 e. The van der Waals surface area contributed by atoms with Gasteiger partial charge in [0, 0.05) is 16.6 Å². The van der Waals surface area contributed by atoms with Crippen molar-refractivity contribution in [2.24, 2.45) is 5.92 Å². The Labute approximate surface area is 146 Å². The highest BCUT2D eigenvalue weighted by atomic mass is 32.2. The Kier molecular flexibility index (Phi) is 6.50. The van der Waals surface area contributed by atoms with Crippen LogP contribution in [-0.4, -0.2) is 38.7 Å². The number of rotatable bonds is 7. The second kappa shape index (κ2) is 8.19. The summed E-state index contributed by atoms with van der Waals surface area (Å²) in [6.45, 7) is 3.79. The van der Waals surface area contributed by atoms with Gasteiger partial charge in [-0.15, -0.1) is 11.8 Å². The fourth-order valence-corrected chi connectivity index (χ4v) is 4.53. The minimum absolute atomic E-state index is 0.210. The van der Waals surface area contributed by atoms with Crippen molar-refractivity contribution >= 4 is 33.4 Å². The third-order valence-corrected chi connectivity index (χ3v) is 6.20. The number of anilines is 1. The van der Waals surface area contributed by atoms with Crippen molar-refractivity contribution in [3.8, 4) is 0 Å². The maximum Gasteiger partial charge on any atom is 0.313 e. The standard InChI is InChI=1S/C15H23N3O4S2/c1-4-12-13(15(19)22-5-2)14(17-16-12)24(20,21)18-10-6-8-11(23-3)9-7-10/h6-9,12-14,16-18H,4-5H2,1-3H3. The lowest BCUT2D eigenvalue weighted by Gasteiger charge is -2.21. The van der Waals surface area contributed by atoms with Gasteiger partial charge in [-0.2, -0.15) is 0 Å². The molecule has 134 valence electrons. The molecule has 2 rings (SSSR count). The molecule has 1 heterocycles. The third-order valence-electron chi connectivity index (χ3n) is 3.85. The molecular formula is C15H23N3O4S2. The Bertz CT molecular complexity index is 664. The number of hydrogen-bond donors (Lipinski definition) is 3. The number of hydrogen-bond acceptors (Lipinski definition) is 7. The molecule has 0 amide bonds. The molecule has 0 radical (unpaired) electrons. The van der Waals surface area contributed by atoms with Gasteiger partial charge in [-0.3, -0.25) is 14.9 Å². The van der Waals surface area contributed by atoms with Crippen LogP contribution >= 0.6 is 11.8 Å². The van der Waals surface area contributed by atoms with E-state index in [1.54, 1.807) is 30.8 Å². The summed E-state index contributed by atoms with van der Waals surface area (Å²) in [5, 5.41) is -1.10. The molecule has 1 aliphatic rings. The average molecular weight is 374 g/mol. The number of esters is 1. The number of ether oxygens (including phenoxy) is 1. The number of thioether (sulfide) groups is 1. The Morgan fingerprint density at radius 3 is 2.46 bits per heavy atom. The lowest BCUT2D eigenvalue weighted by Crippen LogP contribution is -2.44. The molecule has 1 aromatic rings. The molecular weight excluding hydrogens is 350 g/mol. The van der Waals surface area contributed by atoms with Crippen molar-refractivity contribution in [3.05, 3.63) is 24.3 Å². The Morgan fingerprint density at radius 2 is 1.92 bits per heavy atom. The fraction of sp³-hybridized carbons (Fsp3) is 0.533. The molecule has 7 nitrogen and oxygen atoms in total. The Morgan fingerprint density at radius 1 is 1.25 bits per heavy atom. The third kappa shape index (κ3) is 4.21. The van der Waals surface area contributed by atoms with Crippen molar-refractivity contribution in [3.63, 3.8) is 0 Å². The minimum Gasteiger partial charge on any atom is -0.466 e. The molecule has 1 fully saturated rings. The Balaban J connectivity index is 2.20. The molecule has 1 saturated heterocycles. The molecule has 1 aliphatic heterocycles. The molecule has 3 unspecified atom stereocenters. The molecule has 3 atom stereocenters. The lowest BCUT2D eigenvalue weighted by atomic mass is 10.00. The van der Waals surface area contributed by atoms with Gasteiger partial charge in [0.15, 0.2) is 5.37 Å². The van der Waals surface area contributed by atoms with Crippen molar-refractivity contribution < 1.29 is 17.9 Å². The highest BCUT2D eigenvalue weighted by molar-refractivity contribution is 7.98. The molecule has 9 heteroatoms. The highest BCUT2D eigenvalue weighted by Crippen LogP contribution is 2.25. The van der Waals surface area contributed by atoms with Crippen LogP contribution in [0.2, 0.25) is 0 Å². The minimum atomic E-state index is -3.82. The van der Waals surface area contributed by atoms with Crippen molar-refractivity contribution in [2.75, 3.05) is 17.6 Å². The van der Waals surface area contributed by atoms with E-state index in [-0.39, 0.29) is 12.6 Å². The second-order valence-corrected chi connectivity index (χ2v) is 8.06. The van der Waals surface area contributed by atoms with Gasteiger partial charge in [-0.25, -0.2) is 13.8 Å². The van der Waals surface area contributed by atoms with Crippen LogP contribution in [0.3, 0.4) is 0 Å². The summed E-state index contributed by atoms with van der Waals surface area (Å²) in [7, 11) is -3.82. The van der Waals surface area contributed by atoms with Crippen molar-refractivity contribution in [1.82, 2.24) is 10.9 Å². The molecule has 3 N–H and O–H groups in total.